The first-order valence-corrected chi connectivity index (χ1v) is 8.13. The average molecular weight is 304 g/mol. The maximum atomic E-state index is 5.51. The Labute approximate surface area is 128 Å². The summed E-state index contributed by atoms with van der Waals surface area (Å²) in [6, 6.07) is 9.36. The molecule has 2 heterocycles. The fourth-order valence-electron chi connectivity index (χ4n) is 2.43. The number of rotatable bonds is 4. The molecule has 21 heavy (non-hydrogen) atoms. The van der Waals surface area contributed by atoms with E-state index in [-0.39, 0.29) is 0 Å². The molecule has 1 aromatic heterocycles. The summed E-state index contributed by atoms with van der Waals surface area (Å²) < 4.78 is 5.51. The summed E-state index contributed by atoms with van der Waals surface area (Å²) >= 11 is 1.97. The Morgan fingerprint density at radius 3 is 2.57 bits per heavy atom. The highest BCUT2D eigenvalue weighted by Crippen LogP contribution is 2.31. The van der Waals surface area contributed by atoms with Gasteiger partial charge in [0.1, 0.15) is 0 Å². The lowest BCUT2D eigenvalue weighted by atomic mass is 10.1. The van der Waals surface area contributed by atoms with E-state index in [0.717, 1.165) is 25.9 Å². The largest absolute Gasteiger partial charge is 0.407 e. The molecule has 1 aliphatic heterocycles. The van der Waals surface area contributed by atoms with Gasteiger partial charge < -0.3 is 15.1 Å². The van der Waals surface area contributed by atoms with Gasteiger partial charge in [-0.05, 0) is 31.9 Å². The third-order valence-corrected chi connectivity index (χ3v) is 5.02. The topological polar surface area (TPSA) is 68.2 Å². The number of hydrogen-bond donors (Lipinski definition) is 1. The van der Waals surface area contributed by atoms with Crippen molar-refractivity contribution in [2.24, 2.45) is 5.73 Å². The number of nitrogens with two attached hydrogens (primary N) is 1. The second kappa shape index (κ2) is 6.49. The van der Waals surface area contributed by atoms with Gasteiger partial charge in [-0.3, -0.25) is 0 Å². The van der Waals surface area contributed by atoms with Crippen molar-refractivity contribution in [3.05, 3.63) is 35.7 Å². The molecule has 0 unspecified atom stereocenters. The highest BCUT2D eigenvalue weighted by molar-refractivity contribution is 8.00. The summed E-state index contributed by atoms with van der Waals surface area (Å²) in [5.41, 5.74) is 6.80. The zero-order valence-electron chi connectivity index (χ0n) is 12.2. The van der Waals surface area contributed by atoms with E-state index >= 15 is 0 Å². The number of benzene rings is 1. The van der Waals surface area contributed by atoms with Crippen molar-refractivity contribution >= 4 is 17.8 Å². The molecule has 0 atom stereocenters. The molecule has 2 N–H and O–H groups in total. The molecule has 6 heteroatoms. The van der Waals surface area contributed by atoms with Crippen LogP contribution >= 0.6 is 11.8 Å². The van der Waals surface area contributed by atoms with Crippen LogP contribution in [0, 0.1) is 6.92 Å². The van der Waals surface area contributed by atoms with Crippen molar-refractivity contribution in [2.45, 2.75) is 36.5 Å². The molecule has 1 fully saturated rings. The Bertz CT molecular complexity index is 576. The van der Waals surface area contributed by atoms with Crippen LogP contribution in [0.25, 0.3) is 0 Å². The molecular formula is C15H20N4OS. The van der Waals surface area contributed by atoms with Crippen molar-refractivity contribution in [2.75, 3.05) is 18.0 Å². The Balaban J connectivity index is 1.54. The van der Waals surface area contributed by atoms with Crippen LogP contribution in [-0.2, 0) is 6.54 Å². The lowest BCUT2D eigenvalue weighted by Crippen LogP contribution is -2.35. The van der Waals surface area contributed by atoms with Gasteiger partial charge >= 0.3 is 6.01 Å². The van der Waals surface area contributed by atoms with Gasteiger partial charge in [-0.2, -0.15) is 0 Å². The van der Waals surface area contributed by atoms with Crippen LogP contribution in [0.15, 0.2) is 33.6 Å². The van der Waals surface area contributed by atoms with Crippen molar-refractivity contribution in [3.8, 4) is 0 Å². The maximum absolute atomic E-state index is 5.51. The molecule has 0 saturated carbocycles. The molecule has 0 radical (unpaired) electrons. The first kappa shape index (κ1) is 14.4. The van der Waals surface area contributed by atoms with Gasteiger partial charge in [0, 0.05) is 23.2 Å². The van der Waals surface area contributed by atoms with Crippen molar-refractivity contribution in [1.29, 1.82) is 0 Å². The quantitative estimate of drug-likeness (QED) is 0.936. The third kappa shape index (κ3) is 3.57. The lowest BCUT2D eigenvalue weighted by Gasteiger charge is -2.30. The van der Waals surface area contributed by atoms with Gasteiger partial charge in [0.15, 0.2) is 0 Å². The van der Waals surface area contributed by atoms with Crippen LogP contribution in [0.3, 0.4) is 0 Å². The molecule has 0 spiro atoms. The van der Waals surface area contributed by atoms with Gasteiger partial charge in [-0.25, -0.2) is 0 Å². The molecular weight excluding hydrogens is 284 g/mol. The van der Waals surface area contributed by atoms with Gasteiger partial charge in [-0.1, -0.05) is 22.8 Å². The van der Waals surface area contributed by atoms with E-state index in [0.29, 0.717) is 23.7 Å². The number of hydrogen-bond acceptors (Lipinski definition) is 6. The molecule has 0 aliphatic carbocycles. The maximum Gasteiger partial charge on any atom is 0.318 e. The van der Waals surface area contributed by atoms with E-state index in [2.05, 4.69) is 46.3 Å². The zero-order valence-corrected chi connectivity index (χ0v) is 13.0. The van der Waals surface area contributed by atoms with Crippen LogP contribution in [0.4, 0.5) is 6.01 Å². The summed E-state index contributed by atoms with van der Waals surface area (Å²) in [6.45, 7) is 4.32. The summed E-state index contributed by atoms with van der Waals surface area (Å²) in [7, 11) is 0. The monoisotopic (exact) mass is 304 g/mol. The predicted molar refractivity (Wildman–Crippen MR) is 84.5 cm³/mol. The summed E-state index contributed by atoms with van der Waals surface area (Å²) in [6.07, 6.45) is 2.25. The fourth-order valence-corrected chi connectivity index (χ4v) is 3.55. The normalized spacial score (nSPS) is 16.4. The molecule has 1 saturated heterocycles. The number of aromatic nitrogens is 2. The second-order valence-electron chi connectivity index (χ2n) is 5.30. The Kier molecular flexibility index (Phi) is 4.45. The van der Waals surface area contributed by atoms with E-state index in [9.17, 15) is 0 Å². The molecule has 2 aromatic rings. The molecule has 0 amide bonds. The highest BCUT2D eigenvalue weighted by Gasteiger charge is 2.23. The number of piperidine rings is 1. The van der Waals surface area contributed by atoms with E-state index < -0.39 is 0 Å². The van der Waals surface area contributed by atoms with Gasteiger partial charge in [0.05, 0.1) is 6.54 Å². The standard InChI is InChI=1S/C15H20N4OS/c1-11-2-4-12(5-3-11)21-13-6-8-19(9-7-13)15-18-17-14(10-16)20-15/h2-5,13H,6-10,16H2,1H3. The Morgan fingerprint density at radius 2 is 1.95 bits per heavy atom. The molecule has 112 valence electrons. The number of anilines is 1. The molecule has 1 aromatic carbocycles. The van der Waals surface area contributed by atoms with Gasteiger partial charge in [0.25, 0.3) is 0 Å². The number of aryl methyl sites for hydroxylation is 1. The average Bonchev–Trinajstić information content (AvgIpc) is 2.99. The van der Waals surface area contributed by atoms with Crippen LogP contribution < -0.4 is 10.6 Å². The minimum Gasteiger partial charge on any atom is -0.407 e. The molecule has 1 aliphatic rings. The minimum absolute atomic E-state index is 0.298. The fraction of sp³-hybridized carbons (Fsp3) is 0.467. The first-order valence-electron chi connectivity index (χ1n) is 7.25. The first-order chi connectivity index (χ1) is 10.2. The Hall–Kier alpha value is -1.53. The highest BCUT2D eigenvalue weighted by atomic mass is 32.2. The summed E-state index contributed by atoms with van der Waals surface area (Å²) in [4.78, 5) is 3.50. The lowest BCUT2D eigenvalue weighted by molar-refractivity contribution is 0.465. The van der Waals surface area contributed by atoms with Crippen LogP contribution in [0.5, 0.6) is 0 Å². The van der Waals surface area contributed by atoms with E-state index in [1.54, 1.807) is 0 Å². The smallest absolute Gasteiger partial charge is 0.318 e. The van der Waals surface area contributed by atoms with E-state index in [1.165, 1.54) is 10.5 Å². The van der Waals surface area contributed by atoms with Gasteiger partial charge in [0.2, 0.25) is 5.89 Å². The molecule has 3 rings (SSSR count). The number of nitrogens with zero attached hydrogens (tertiary/aromatic N) is 3. The SMILES string of the molecule is Cc1ccc(SC2CCN(c3nnc(CN)o3)CC2)cc1. The molecule has 0 bridgehead atoms. The van der Waals surface area contributed by atoms with Crippen LogP contribution in [-0.4, -0.2) is 28.5 Å². The van der Waals surface area contributed by atoms with Crippen molar-refractivity contribution in [3.63, 3.8) is 0 Å². The third-order valence-electron chi connectivity index (χ3n) is 3.67. The minimum atomic E-state index is 0.298. The predicted octanol–water partition coefficient (Wildman–Crippen LogP) is 2.60. The Morgan fingerprint density at radius 1 is 1.24 bits per heavy atom. The van der Waals surface area contributed by atoms with Crippen LogP contribution in [0.1, 0.15) is 24.3 Å². The van der Waals surface area contributed by atoms with Crippen LogP contribution in [0.2, 0.25) is 0 Å². The van der Waals surface area contributed by atoms with Gasteiger partial charge in [-0.15, -0.1) is 16.9 Å². The van der Waals surface area contributed by atoms with Crippen molar-refractivity contribution < 1.29 is 4.42 Å². The summed E-state index contributed by atoms with van der Waals surface area (Å²) in [5.74, 6) is 0.501. The number of thioether (sulfide) groups is 1. The van der Waals surface area contributed by atoms with E-state index in [1.807, 2.05) is 11.8 Å². The summed E-state index contributed by atoms with van der Waals surface area (Å²) in [5, 5.41) is 8.62. The second-order valence-corrected chi connectivity index (χ2v) is 6.67. The van der Waals surface area contributed by atoms with E-state index in [4.69, 9.17) is 10.2 Å². The molecule has 5 nitrogen and oxygen atoms in total. The van der Waals surface area contributed by atoms with Crippen molar-refractivity contribution in [1.82, 2.24) is 10.2 Å². The zero-order chi connectivity index (χ0) is 14.7.